The zero-order valence-corrected chi connectivity index (χ0v) is 19.4. The first-order valence-corrected chi connectivity index (χ1v) is 10.7. The van der Waals surface area contributed by atoms with Gasteiger partial charge in [-0.25, -0.2) is 9.78 Å². The molecule has 0 amide bonds. The third-order valence-electron chi connectivity index (χ3n) is 5.10. The molecule has 2 aromatic carbocycles. The van der Waals surface area contributed by atoms with E-state index in [1.807, 2.05) is 49.4 Å². The number of oxazole rings is 1. The highest BCUT2D eigenvalue weighted by Crippen LogP contribution is 2.32. The SMILES string of the molecule is COc1ccc(Nc2ncc(C)c(Nn3c(=O)oc4ccccc43)n2)cc1-c1cccnc1.O=CO. The number of para-hydroxylation sites is 2. The molecule has 0 aliphatic rings. The van der Waals surface area contributed by atoms with E-state index in [-0.39, 0.29) is 6.47 Å². The van der Waals surface area contributed by atoms with Crippen molar-refractivity contribution in [2.75, 3.05) is 17.9 Å². The summed E-state index contributed by atoms with van der Waals surface area (Å²) in [5, 5.41) is 10.1. The van der Waals surface area contributed by atoms with Crippen LogP contribution < -0.4 is 21.2 Å². The smallest absolute Gasteiger partial charge is 0.439 e. The topological polar surface area (TPSA) is 144 Å². The standard InChI is InChI=1S/C24H20N6O3.CH2O2/c1-15-13-26-23(28-22(15)29-30-19-7-3-4-8-21(19)33-24(30)31)27-17-9-10-20(32-2)18(12-17)16-6-5-11-25-14-16;2-1-3/h3-14H,1-2H3,(H2,26,27,28,29);1H,(H,2,3). The average Bonchev–Trinajstić information content (AvgIpc) is 3.21. The number of pyridine rings is 1. The van der Waals surface area contributed by atoms with Gasteiger partial charge in [-0.05, 0) is 43.3 Å². The molecule has 0 aliphatic heterocycles. The number of aryl methyl sites for hydroxylation is 1. The number of anilines is 3. The number of rotatable bonds is 6. The number of benzene rings is 2. The molecule has 3 aromatic heterocycles. The molecule has 5 aromatic rings. The van der Waals surface area contributed by atoms with E-state index in [0.717, 1.165) is 28.1 Å². The van der Waals surface area contributed by atoms with Crippen molar-refractivity contribution in [2.45, 2.75) is 6.92 Å². The predicted octanol–water partition coefficient (Wildman–Crippen LogP) is 4.08. The van der Waals surface area contributed by atoms with Crippen molar-refractivity contribution in [3.63, 3.8) is 0 Å². The summed E-state index contributed by atoms with van der Waals surface area (Å²) in [5.41, 5.74) is 7.49. The van der Waals surface area contributed by atoms with Crippen LogP contribution in [0.1, 0.15) is 5.56 Å². The molecule has 0 aliphatic carbocycles. The van der Waals surface area contributed by atoms with Crippen LogP contribution in [0.5, 0.6) is 5.75 Å². The molecule has 11 heteroatoms. The van der Waals surface area contributed by atoms with E-state index in [2.05, 4.69) is 25.7 Å². The Labute approximate surface area is 205 Å². The third kappa shape index (κ3) is 5.14. The molecule has 0 fully saturated rings. The number of fused-ring (bicyclic) bond motifs is 1. The van der Waals surface area contributed by atoms with Crippen LogP contribution in [-0.2, 0) is 4.79 Å². The van der Waals surface area contributed by atoms with Crippen molar-refractivity contribution >= 4 is 35.0 Å². The van der Waals surface area contributed by atoms with Crippen molar-refractivity contribution in [2.24, 2.45) is 0 Å². The Morgan fingerprint density at radius 2 is 1.92 bits per heavy atom. The van der Waals surface area contributed by atoms with Gasteiger partial charge in [-0.2, -0.15) is 9.66 Å². The first-order chi connectivity index (χ1) is 17.5. The Morgan fingerprint density at radius 3 is 2.67 bits per heavy atom. The van der Waals surface area contributed by atoms with Crippen molar-refractivity contribution in [3.8, 4) is 16.9 Å². The lowest BCUT2D eigenvalue weighted by atomic mass is 10.1. The van der Waals surface area contributed by atoms with Crippen molar-refractivity contribution in [3.05, 3.63) is 89.3 Å². The molecule has 5 rings (SSSR count). The van der Waals surface area contributed by atoms with Gasteiger partial charge in [-0.3, -0.25) is 15.2 Å². The van der Waals surface area contributed by atoms with Crippen LogP contribution in [0.15, 0.2) is 82.4 Å². The molecule has 0 unspecified atom stereocenters. The zero-order valence-electron chi connectivity index (χ0n) is 19.4. The molecule has 0 saturated carbocycles. The van der Waals surface area contributed by atoms with Crippen LogP contribution >= 0.6 is 0 Å². The molecule has 11 nitrogen and oxygen atoms in total. The van der Waals surface area contributed by atoms with E-state index in [0.29, 0.717) is 22.9 Å². The van der Waals surface area contributed by atoms with E-state index in [9.17, 15) is 4.79 Å². The summed E-state index contributed by atoms with van der Waals surface area (Å²) >= 11 is 0. The molecule has 3 N–H and O–H groups in total. The minimum absolute atomic E-state index is 0.250. The largest absolute Gasteiger partial charge is 0.496 e. The second kappa shape index (κ2) is 10.8. The van der Waals surface area contributed by atoms with E-state index >= 15 is 0 Å². The molecule has 3 heterocycles. The number of nitrogens with one attached hydrogen (secondary N) is 2. The number of nitrogens with zero attached hydrogens (tertiary/aromatic N) is 4. The van der Waals surface area contributed by atoms with Crippen molar-refractivity contribution in [1.29, 1.82) is 0 Å². The normalized spacial score (nSPS) is 10.3. The molecular formula is C25H22N6O5. The van der Waals surface area contributed by atoms with Gasteiger partial charge in [0.1, 0.15) is 11.3 Å². The van der Waals surface area contributed by atoms with Crippen LogP contribution in [0.3, 0.4) is 0 Å². The Balaban J connectivity index is 0.000000967. The number of aromatic nitrogens is 4. The summed E-state index contributed by atoms with van der Waals surface area (Å²) in [6.45, 7) is 1.60. The molecule has 0 bridgehead atoms. The van der Waals surface area contributed by atoms with E-state index < -0.39 is 5.76 Å². The fraction of sp³-hybridized carbons (Fsp3) is 0.0800. The zero-order chi connectivity index (χ0) is 25.5. The van der Waals surface area contributed by atoms with Gasteiger partial charge in [0, 0.05) is 41.0 Å². The maximum Gasteiger partial charge on any atom is 0.439 e. The van der Waals surface area contributed by atoms with Crippen LogP contribution in [-0.4, -0.2) is 38.3 Å². The lowest BCUT2D eigenvalue weighted by Crippen LogP contribution is -2.23. The van der Waals surface area contributed by atoms with Gasteiger partial charge in [0.25, 0.3) is 6.47 Å². The van der Waals surface area contributed by atoms with Gasteiger partial charge in [0.15, 0.2) is 11.4 Å². The van der Waals surface area contributed by atoms with Gasteiger partial charge < -0.3 is 19.6 Å². The van der Waals surface area contributed by atoms with Gasteiger partial charge in [-0.15, -0.1) is 0 Å². The molecule has 0 saturated heterocycles. The number of hydrogen-bond acceptors (Lipinski definition) is 9. The maximum absolute atomic E-state index is 12.3. The molecule has 0 atom stereocenters. The van der Waals surface area contributed by atoms with E-state index in [1.165, 1.54) is 4.68 Å². The maximum atomic E-state index is 12.3. The summed E-state index contributed by atoms with van der Waals surface area (Å²) in [4.78, 5) is 33.8. The summed E-state index contributed by atoms with van der Waals surface area (Å²) < 4.78 is 12.1. The Kier molecular flexibility index (Phi) is 7.20. The average molecular weight is 486 g/mol. The highest BCUT2D eigenvalue weighted by atomic mass is 16.5. The lowest BCUT2D eigenvalue weighted by molar-refractivity contribution is -0.122. The van der Waals surface area contributed by atoms with Crippen molar-refractivity contribution < 1.29 is 19.1 Å². The summed E-state index contributed by atoms with van der Waals surface area (Å²) in [7, 11) is 1.63. The van der Waals surface area contributed by atoms with Gasteiger partial charge in [0.05, 0.1) is 7.11 Å². The quantitative estimate of drug-likeness (QED) is 0.300. The molecule has 0 spiro atoms. The summed E-state index contributed by atoms with van der Waals surface area (Å²) in [5.74, 6) is 1.04. The highest BCUT2D eigenvalue weighted by Gasteiger charge is 2.13. The predicted molar refractivity (Wildman–Crippen MR) is 134 cm³/mol. The summed E-state index contributed by atoms with van der Waals surface area (Å²) in [6.07, 6.45) is 5.18. The Morgan fingerprint density at radius 1 is 1.11 bits per heavy atom. The fourth-order valence-corrected chi connectivity index (χ4v) is 3.46. The number of carboxylic acid groups (broad SMARTS) is 1. The minimum atomic E-state index is -0.528. The van der Waals surface area contributed by atoms with Gasteiger partial charge >= 0.3 is 5.76 Å². The van der Waals surface area contributed by atoms with Crippen LogP contribution in [0.25, 0.3) is 22.2 Å². The lowest BCUT2D eigenvalue weighted by Gasteiger charge is -2.13. The third-order valence-corrected chi connectivity index (χ3v) is 5.10. The molecule has 182 valence electrons. The molecule has 0 radical (unpaired) electrons. The number of methoxy groups -OCH3 is 1. The number of hydrogen-bond donors (Lipinski definition) is 3. The Bertz CT molecular complexity index is 1550. The first kappa shape index (κ1) is 24.0. The van der Waals surface area contributed by atoms with Gasteiger partial charge in [0.2, 0.25) is 5.95 Å². The number of carbonyl (C=O) groups is 1. The van der Waals surface area contributed by atoms with Crippen molar-refractivity contribution in [1.82, 2.24) is 19.6 Å². The molecule has 36 heavy (non-hydrogen) atoms. The van der Waals surface area contributed by atoms with E-state index in [1.54, 1.807) is 37.8 Å². The minimum Gasteiger partial charge on any atom is -0.496 e. The summed E-state index contributed by atoms with van der Waals surface area (Å²) in [6, 6.07) is 16.7. The molecular weight excluding hydrogens is 464 g/mol. The first-order valence-electron chi connectivity index (χ1n) is 10.7. The highest BCUT2D eigenvalue weighted by molar-refractivity contribution is 5.75. The second-order valence-electron chi connectivity index (χ2n) is 7.40. The Hall–Kier alpha value is -5.19. The van der Waals surface area contributed by atoms with Crippen LogP contribution in [0.2, 0.25) is 0 Å². The van der Waals surface area contributed by atoms with Crippen LogP contribution in [0.4, 0.5) is 17.5 Å². The fourth-order valence-electron chi connectivity index (χ4n) is 3.46. The monoisotopic (exact) mass is 486 g/mol. The van der Waals surface area contributed by atoms with E-state index in [4.69, 9.17) is 19.1 Å². The number of ether oxygens (including phenoxy) is 1. The second-order valence-corrected chi connectivity index (χ2v) is 7.40. The van der Waals surface area contributed by atoms with Gasteiger partial charge in [-0.1, -0.05) is 18.2 Å². The van der Waals surface area contributed by atoms with Crippen LogP contribution in [0, 0.1) is 6.92 Å².